The number of nitrogens with zero attached hydrogens (tertiary/aromatic N) is 2. The number of amides is 2. The fourth-order valence-corrected chi connectivity index (χ4v) is 3.53. The number of aryl methyl sites for hydroxylation is 1. The summed E-state index contributed by atoms with van der Waals surface area (Å²) < 4.78 is 19.1. The quantitative estimate of drug-likeness (QED) is 0.399. The van der Waals surface area contributed by atoms with E-state index >= 15 is 0 Å². The summed E-state index contributed by atoms with van der Waals surface area (Å²) in [6.07, 6.45) is 0.469. The molecule has 1 N–H and O–H groups in total. The van der Waals surface area contributed by atoms with Gasteiger partial charge >= 0.3 is 6.09 Å². The minimum atomic E-state index is -1.11. The summed E-state index contributed by atoms with van der Waals surface area (Å²) in [5.41, 5.74) is 2.33. The molecular weight excluding hydrogens is 437 g/mol. The summed E-state index contributed by atoms with van der Waals surface area (Å²) in [7, 11) is 1.44. The number of benzene rings is 2. The molecule has 0 fully saturated rings. The molecule has 0 spiro atoms. The van der Waals surface area contributed by atoms with Crippen LogP contribution in [0.5, 0.6) is 0 Å². The number of ketones is 1. The van der Waals surface area contributed by atoms with E-state index in [-0.39, 0.29) is 18.0 Å². The predicted molar refractivity (Wildman–Crippen MR) is 124 cm³/mol. The maximum atomic E-state index is 13.9. The molecule has 1 heterocycles. The van der Waals surface area contributed by atoms with Crippen molar-refractivity contribution in [2.75, 3.05) is 7.05 Å². The van der Waals surface area contributed by atoms with Gasteiger partial charge in [0.2, 0.25) is 11.9 Å². The van der Waals surface area contributed by atoms with Crippen LogP contribution in [-0.4, -0.2) is 40.8 Å². The normalized spacial score (nSPS) is 12.4. The third-order valence-electron chi connectivity index (χ3n) is 5.27. The number of carbonyl (C=O) groups is 3. The SMILES string of the molecule is Cc1cccc(C(=O)C(c2ccnc(F)c2)N(C)C(=O)[C@H](C)NC(=O)OCc2ccccc2)c1. The monoisotopic (exact) mass is 463 g/mol. The Bertz CT molecular complexity index is 1170. The molecule has 1 unspecified atom stereocenters. The molecule has 7 nitrogen and oxygen atoms in total. The fraction of sp³-hybridized carbons (Fsp3) is 0.231. The van der Waals surface area contributed by atoms with Gasteiger partial charge in [0.25, 0.3) is 0 Å². The highest BCUT2D eigenvalue weighted by Gasteiger charge is 2.32. The standard InChI is InChI=1S/C26H26FN3O4/c1-17-8-7-11-21(14-17)24(31)23(20-12-13-28-22(27)15-20)30(3)25(32)18(2)29-26(33)34-16-19-9-5-4-6-10-19/h4-15,18,23H,16H2,1-3H3,(H,29,33)/t18-,23?/m0/s1. The Morgan fingerprint density at radius 2 is 1.79 bits per heavy atom. The Morgan fingerprint density at radius 1 is 1.06 bits per heavy atom. The Kier molecular flexibility index (Phi) is 8.08. The third kappa shape index (κ3) is 6.25. The molecule has 1 aromatic heterocycles. The number of hydrogen-bond donors (Lipinski definition) is 1. The van der Waals surface area contributed by atoms with Crippen LogP contribution in [0.3, 0.4) is 0 Å². The van der Waals surface area contributed by atoms with Crippen LogP contribution < -0.4 is 5.32 Å². The second-order valence-electron chi connectivity index (χ2n) is 7.93. The lowest BCUT2D eigenvalue weighted by Gasteiger charge is -2.30. The topological polar surface area (TPSA) is 88.6 Å². The molecular formula is C26H26FN3O4. The lowest BCUT2D eigenvalue weighted by Crippen LogP contribution is -2.48. The van der Waals surface area contributed by atoms with Crippen LogP contribution >= 0.6 is 0 Å². The first-order valence-corrected chi connectivity index (χ1v) is 10.7. The van der Waals surface area contributed by atoms with Crippen molar-refractivity contribution in [2.45, 2.75) is 32.5 Å². The largest absolute Gasteiger partial charge is 0.445 e. The van der Waals surface area contributed by atoms with Gasteiger partial charge in [-0.05, 0) is 43.2 Å². The Hall–Kier alpha value is -4.07. The van der Waals surface area contributed by atoms with Gasteiger partial charge in [-0.15, -0.1) is 0 Å². The number of rotatable bonds is 8. The van der Waals surface area contributed by atoms with Crippen molar-refractivity contribution in [3.63, 3.8) is 0 Å². The van der Waals surface area contributed by atoms with Gasteiger partial charge in [-0.2, -0.15) is 4.39 Å². The molecule has 0 radical (unpaired) electrons. The molecule has 2 aromatic carbocycles. The van der Waals surface area contributed by atoms with Crippen LogP contribution in [0.25, 0.3) is 0 Å². The van der Waals surface area contributed by atoms with Crippen LogP contribution in [0.2, 0.25) is 0 Å². The summed E-state index contributed by atoms with van der Waals surface area (Å²) in [6, 6.07) is 16.5. The molecule has 0 aliphatic heterocycles. The second-order valence-corrected chi connectivity index (χ2v) is 7.93. The van der Waals surface area contributed by atoms with Gasteiger partial charge in [0.05, 0.1) is 0 Å². The molecule has 0 saturated carbocycles. The number of alkyl carbamates (subject to hydrolysis) is 1. The van der Waals surface area contributed by atoms with Crippen molar-refractivity contribution < 1.29 is 23.5 Å². The van der Waals surface area contributed by atoms with Crippen LogP contribution in [0.4, 0.5) is 9.18 Å². The van der Waals surface area contributed by atoms with E-state index in [4.69, 9.17) is 4.74 Å². The predicted octanol–water partition coefficient (Wildman–Crippen LogP) is 4.23. The molecule has 0 aliphatic rings. The van der Waals surface area contributed by atoms with Crippen LogP contribution in [0.1, 0.15) is 40.0 Å². The van der Waals surface area contributed by atoms with E-state index in [1.807, 2.05) is 43.3 Å². The second kappa shape index (κ2) is 11.2. The van der Waals surface area contributed by atoms with Crippen molar-refractivity contribution >= 4 is 17.8 Å². The van der Waals surface area contributed by atoms with Gasteiger partial charge in [0.1, 0.15) is 18.7 Å². The zero-order valence-electron chi connectivity index (χ0n) is 19.2. The van der Waals surface area contributed by atoms with Gasteiger partial charge in [-0.25, -0.2) is 9.78 Å². The molecule has 3 rings (SSSR count). The highest BCUT2D eigenvalue weighted by Crippen LogP contribution is 2.25. The smallest absolute Gasteiger partial charge is 0.408 e. The zero-order chi connectivity index (χ0) is 24.7. The number of pyridine rings is 1. The van der Waals surface area contributed by atoms with Crippen LogP contribution in [-0.2, 0) is 16.1 Å². The lowest BCUT2D eigenvalue weighted by molar-refractivity contribution is -0.133. The number of hydrogen-bond acceptors (Lipinski definition) is 5. The van der Waals surface area contributed by atoms with E-state index in [2.05, 4.69) is 10.3 Å². The third-order valence-corrected chi connectivity index (χ3v) is 5.27. The lowest BCUT2D eigenvalue weighted by atomic mass is 9.95. The highest BCUT2D eigenvalue weighted by molar-refractivity contribution is 6.03. The average molecular weight is 464 g/mol. The van der Waals surface area contributed by atoms with E-state index in [0.29, 0.717) is 5.56 Å². The molecule has 0 aliphatic carbocycles. The molecule has 2 amide bonds. The van der Waals surface area contributed by atoms with E-state index in [0.717, 1.165) is 17.2 Å². The van der Waals surface area contributed by atoms with Gasteiger partial charge in [0.15, 0.2) is 5.78 Å². The van der Waals surface area contributed by atoms with Gasteiger partial charge in [0, 0.05) is 18.8 Å². The summed E-state index contributed by atoms with van der Waals surface area (Å²) in [6.45, 7) is 3.39. The van der Waals surface area contributed by atoms with Crippen molar-refractivity contribution in [2.24, 2.45) is 0 Å². The van der Waals surface area contributed by atoms with Gasteiger partial charge in [-0.1, -0.05) is 54.1 Å². The molecule has 176 valence electrons. The van der Waals surface area contributed by atoms with Crippen molar-refractivity contribution in [3.05, 3.63) is 101 Å². The number of halogens is 1. The summed E-state index contributed by atoms with van der Waals surface area (Å²) in [5, 5.41) is 2.49. The van der Waals surface area contributed by atoms with Crippen LogP contribution in [0.15, 0.2) is 72.9 Å². The van der Waals surface area contributed by atoms with Crippen molar-refractivity contribution in [1.82, 2.24) is 15.2 Å². The summed E-state index contributed by atoms with van der Waals surface area (Å²) in [5.74, 6) is -1.69. The number of Topliss-reactive ketones (excluding diaryl/α,β-unsaturated/α-hetero) is 1. The maximum Gasteiger partial charge on any atom is 0.408 e. The fourth-order valence-electron chi connectivity index (χ4n) is 3.53. The summed E-state index contributed by atoms with van der Waals surface area (Å²) >= 11 is 0. The number of aromatic nitrogens is 1. The van der Waals surface area contributed by atoms with Crippen molar-refractivity contribution in [1.29, 1.82) is 0 Å². The minimum absolute atomic E-state index is 0.0498. The Balaban J connectivity index is 1.76. The molecule has 0 saturated heterocycles. The first-order chi connectivity index (χ1) is 16.3. The molecule has 34 heavy (non-hydrogen) atoms. The average Bonchev–Trinajstić information content (AvgIpc) is 2.83. The van der Waals surface area contributed by atoms with Gasteiger partial charge < -0.3 is 15.0 Å². The van der Waals surface area contributed by atoms with E-state index in [9.17, 15) is 18.8 Å². The van der Waals surface area contributed by atoms with E-state index < -0.39 is 30.0 Å². The van der Waals surface area contributed by atoms with E-state index in [1.165, 1.54) is 31.1 Å². The first-order valence-electron chi connectivity index (χ1n) is 10.7. The Labute approximate surface area is 197 Å². The minimum Gasteiger partial charge on any atom is -0.445 e. The maximum absolute atomic E-state index is 13.9. The molecule has 8 heteroatoms. The van der Waals surface area contributed by atoms with Gasteiger partial charge in [-0.3, -0.25) is 9.59 Å². The summed E-state index contributed by atoms with van der Waals surface area (Å²) in [4.78, 5) is 43.5. The number of nitrogens with one attached hydrogen (secondary N) is 1. The first kappa shape index (κ1) is 24.6. The number of likely N-dealkylation sites (N-methyl/N-ethyl adjacent to an activating group) is 1. The number of ether oxygens (including phenoxy) is 1. The molecule has 0 bridgehead atoms. The zero-order valence-corrected chi connectivity index (χ0v) is 19.2. The highest BCUT2D eigenvalue weighted by atomic mass is 19.1. The number of carbonyl (C=O) groups excluding carboxylic acids is 3. The Morgan fingerprint density at radius 3 is 2.47 bits per heavy atom. The van der Waals surface area contributed by atoms with Crippen molar-refractivity contribution in [3.8, 4) is 0 Å². The van der Waals surface area contributed by atoms with E-state index in [1.54, 1.807) is 18.2 Å². The molecule has 2 atom stereocenters. The van der Waals surface area contributed by atoms with Crippen LogP contribution in [0, 0.1) is 12.9 Å². The molecule has 3 aromatic rings.